The average molecular weight is 403 g/mol. The van der Waals surface area contributed by atoms with E-state index in [1.54, 1.807) is 19.9 Å². The summed E-state index contributed by atoms with van der Waals surface area (Å²) in [7, 11) is 0. The van der Waals surface area contributed by atoms with Crippen LogP contribution in [0.3, 0.4) is 0 Å². The average Bonchev–Trinajstić information content (AvgIpc) is 2.59. The van der Waals surface area contributed by atoms with E-state index in [1.165, 1.54) is 0 Å². The number of nitrogens with one attached hydrogen (secondary N) is 1. The molecular weight excluding hydrogens is 383 g/mol. The minimum absolute atomic E-state index is 0.0229. The highest BCUT2D eigenvalue weighted by Gasteiger charge is 2.27. The second-order valence-corrected chi connectivity index (χ2v) is 7.22. The lowest BCUT2D eigenvalue weighted by Gasteiger charge is -2.24. The molecule has 0 aliphatic heterocycles. The maximum absolute atomic E-state index is 14.2. The molecule has 2 rings (SSSR count). The Morgan fingerprint density at radius 3 is 2.56 bits per heavy atom. The van der Waals surface area contributed by atoms with Crippen LogP contribution >= 0.6 is 11.9 Å². The lowest BCUT2D eigenvalue weighted by Crippen LogP contribution is -2.24. The predicted molar refractivity (Wildman–Crippen MR) is 95.8 cm³/mol. The molecule has 0 heterocycles. The molecule has 1 aromatic carbocycles. The highest BCUT2D eigenvalue weighted by molar-refractivity contribution is 8.01. The first-order valence-electron chi connectivity index (χ1n) is 8.40. The normalized spacial score (nSPS) is 16.7. The maximum Gasteiger partial charge on any atom is 0.495 e. The van der Waals surface area contributed by atoms with Crippen LogP contribution in [0, 0.1) is 11.6 Å². The van der Waals surface area contributed by atoms with Crippen molar-refractivity contribution >= 4 is 29.8 Å². The number of halogens is 3. The van der Waals surface area contributed by atoms with Gasteiger partial charge in [0.1, 0.15) is 12.3 Å². The van der Waals surface area contributed by atoms with Gasteiger partial charge in [-0.25, -0.2) is 18.4 Å². The number of rotatable bonds is 7. The molecule has 27 heavy (non-hydrogen) atoms. The Morgan fingerprint density at radius 2 is 1.96 bits per heavy atom. The zero-order valence-corrected chi connectivity index (χ0v) is 15.7. The number of anilines is 1. The molecule has 1 atom stereocenters. The molecule has 5 nitrogen and oxygen atoms in total. The van der Waals surface area contributed by atoms with E-state index in [0.29, 0.717) is 12.0 Å². The quantitative estimate of drug-likeness (QED) is 0.390. The molecule has 1 aliphatic rings. The number of allylic oxidation sites excluding steroid dienone is 1. The number of esters is 1. The molecule has 1 N–H and O–H groups in total. The fourth-order valence-electron chi connectivity index (χ4n) is 2.54. The largest absolute Gasteiger partial charge is 0.495 e. The zero-order valence-electron chi connectivity index (χ0n) is 14.9. The predicted octanol–water partition coefficient (Wildman–Crippen LogP) is 5.06. The van der Waals surface area contributed by atoms with Crippen molar-refractivity contribution in [2.45, 2.75) is 51.1 Å². The molecule has 148 valence electrons. The van der Waals surface area contributed by atoms with Crippen molar-refractivity contribution in [1.82, 2.24) is 0 Å². The summed E-state index contributed by atoms with van der Waals surface area (Å²) in [4.78, 5) is 22.3. The van der Waals surface area contributed by atoms with E-state index in [9.17, 15) is 22.8 Å². The molecule has 9 heteroatoms. The number of hydrogen-bond acceptors (Lipinski definition) is 6. The van der Waals surface area contributed by atoms with Crippen LogP contribution in [-0.4, -0.2) is 23.5 Å². The topological polar surface area (TPSA) is 64.6 Å². The highest BCUT2D eigenvalue weighted by atomic mass is 32.2. The standard InChI is InChI=1S/C18H20F3NO4S/c1-10(2)26-17(23)12-5-3-4-6-15(12)27-22-16-13(19)7-11(8-14(16)20)9-25-18(21)24/h5,7-8,10,15,22H,3-4,6,9H2,1-2H3. The summed E-state index contributed by atoms with van der Waals surface area (Å²) in [6.07, 6.45) is 1.73. The molecular formula is C18H20F3NO4S. The van der Waals surface area contributed by atoms with Gasteiger partial charge in [-0.2, -0.15) is 0 Å². The summed E-state index contributed by atoms with van der Waals surface area (Å²) in [5.74, 6) is -2.27. The number of hydrogen-bond donors (Lipinski definition) is 1. The van der Waals surface area contributed by atoms with E-state index in [2.05, 4.69) is 9.46 Å². The smallest absolute Gasteiger partial charge is 0.460 e. The summed E-state index contributed by atoms with van der Waals surface area (Å²) in [5.41, 5.74) is 0.0579. The van der Waals surface area contributed by atoms with Crippen molar-refractivity contribution in [3.8, 4) is 0 Å². The van der Waals surface area contributed by atoms with Crippen LogP contribution in [0.15, 0.2) is 23.8 Å². The van der Waals surface area contributed by atoms with Crippen molar-refractivity contribution in [3.63, 3.8) is 0 Å². The van der Waals surface area contributed by atoms with Crippen molar-refractivity contribution < 1.29 is 32.2 Å². The Labute approximate surface area is 159 Å². The molecule has 1 aliphatic carbocycles. The second kappa shape index (κ2) is 9.68. The van der Waals surface area contributed by atoms with Gasteiger partial charge in [-0.15, -0.1) is 4.39 Å². The van der Waals surface area contributed by atoms with E-state index in [4.69, 9.17) is 4.74 Å². The van der Waals surface area contributed by atoms with Gasteiger partial charge in [-0.05, 0) is 62.8 Å². The fraction of sp³-hybridized carbons (Fsp3) is 0.444. The first-order valence-corrected chi connectivity index (χ1v) is 9.28. The molecule has 0 bridgehead atoms. The first kappa shape index (κ1) is 21.1. The van der Waals surface area contributed by atoms with Crippen LogP contribution in [0.2, 0.25) is 0 Å². The number of carbonyl (C=O) groups is 2. The van der Waals surface area contributed by atoms with Crippen molar-refractivity contribution in [2.24, 2.45) is 0 Å². The summed E-state index contributed by atoms with van der Waals surface area (Å²) in [6, 6.07) is 1.89. The van der Waals surface area contributed by atoms with Crippen molar-refractivity contribution in [2.75, 3.05) is 4.72 Å². The van der Waals surface area contributed by atoms with Gasteiger partial charge < -0.3 is 14.2 Å². The van der Waals surface area contributed by atoms with Gasteiger partial charge >= 0.3 is 12.2 Å². The Hall–Kier alpha value is -2.16. The fourth-order valence-corrected chi connectivity index (χ4v) is 3.60. The third kappa shape index (κ3) is 6.20. The minimum Gasteiger partial charge on any atom is -0.460 e. The summed E-state index contributed by atoms with van der Waals surface area (Å²) in [6.45, 7) is 2.91. The Bertz CT molecular complexity index is 716. The first-order chi connectivity index (χ1) is 12.8. The minimum atomic E-state index is -2.03. The highest BCUT2D eigenvalue weighted by Crippen LogP contribution is 2.33. The molecule has 0 radical (unpaired) electrons. The summed E-state index contributed by atoms with van der Waals surface area (Å²) >= 11 is 1.02. The van der Waals surface area contributed by atoms with Crippen LogP contribution in [0.1, 0.15) is 38.7 Å². The molecule has 1 aromatic rings. The van der Waals surface area contributed by atoms with Crippen molar-refractivity contribution in [3.05, 3.63) is 41.0 Å². The lowest BCUT2D eigenvalue weighted by molar-refractivity contribution is -0.142. The molecule has 0 saturated carbocycles. The second-order valence-electron chi connectivity index (χ2n) is 6.21. The Morgan fingerprint density at radius 1 is 1.30 bits per heavy atom. The molecule has 0 fully saturated rings. The Balaban J connectivity index is 2.06. The third-order valence-electron chi connectivity index (χ3n) is 3.72. The molecule has 0 spiro atoms. The van der Waals surface area contributed by atoms with Gasteiger partial charge in [-0.1, -0.05) is 6.08 Å². The number of ether oxygens (including phenoxy) is 2. The van der Waals surface area contributed by atoms with Crippen LogP contribution in [0.5, 0.6) is 0 Å². The van der Waals surface area contributed by atoms with E-state index < -0.39 is 36.1 Å². The third-order valence-corrected chi connectivity index (χ3v) is 4.81. The van der Waals surface area contributed by atoms with Gasteiger partial charge in [0.25, 0.3) is 0 Å². The van der Waals surface area contributed by atoms with Crippen LogP contribution in [0.25, 0.3) is 0 Å². The van der Waals surface area contributed by atoms with Crippen molar-refractivity contribution in [1.29, 1.82) is 0 Å². The van der Waals surface area contributed by atoms with Gasteiger partial charge in [0.2, 0.25) is 0 Å². The molecule has 0 amide bonds. The number of benzene rings is 1. The zero-order chi connectivity index (χ0) is 20.0. The summed E-state index contributed by atoms with van der Waals surface area (Å²) in [5, 5.41) is -0.309. The molecule has 1 unspecified atom stereocenters. The van der Waals surface area contributed by atoms with Gasteiger partial charge in [0.15, 0.2) is 11.6 Å². The lowest BCUT2D eigenvalue weighted by atomic mass is 9.99. The maximum atomic E-state index is 14.2. The molecule has 0 aromatic heterocycles. The van der Waals surface area contributed by atoms with Crippen LogP contribution in [-0.2, 0) is 20.9 Å². The van der Waals surface area contributed by atoms with Gasteiger partial charge in [0.05, 0.1) is 11.4 Å². The Kier molecular flexibility index (Phi) is 7.58. The van der Waals surface area contributed by atoms with Gasteiger partial charge in [0, 0.05) is 5.57 Å². The number of carbonyl (C=O) groups excluding carboxylic acids is 2. The van der Waals surface area contributed by atoms with E-state index >= 15 is 0 Å². The SMILES string of the molecule is CC(C)OC(=O)C1=CCCCC1SNc1c(F)cc(COC(=O)F)cc1F. The van der Waals surface area contributed by atoms with Crippen LogP contribution < -0.4 is 4.72 Å². The van der Waals surface area contributed by atoms with E-state index in [0.717, 1.165) is 36.9 Å². The molecule has 0 saturated heterocycles. The monoisotopic (exact) mass is 403 g/mol. The van der Waals surface area contributed by atoms with E-state index in [1.807, 2.05) is 0 Å². The van der Waals surface area contributed by atoms with Gasteiger partial charge in [-0.3, -0.25) is 0 Å². The summed E-state index contributed by atoms with van der Waals surface area (Å²) < 4.78 is 52.3. The van der Waals surface area contributed by atoms with E-state index in [-0.39, 0.29) is 16.9 Å². The van der Waals surface area contributed by atoms with Crippen LogP contribution in [0.4, 0.5) is 23.7 Å².